The normalized spacial score (nSPS) is 21.1. The zero-order chi connectivity index (χ0) is 13.0. The van der Waals surface area contributed by atoms with Crippen LogP contribution in [0.5, 0.6) is 0 Å². The Labute approximate surface area is 115 Å². The summed E-state index contributed by atoms with van der Waals surface area (Å²) >= 11 is 3.25. The van der Waals surface area contributed by atoms with Gasteiger partial charge in [-0.05, 0) is 25.5 Å². The number of benzene rings is 1. The summed E-state index contributed by atoms with van der Waals surface area (Å²) in [6, 6.07) is 5.47. The molecule has 1 fully saturated rings. The molecule has 1 aliphatic rings. The van der Waals surface area contributed by atoms with Crippen LogP contribution in [0.1, 0.15) is 18.9 Å². The van der Waals surface area contributed by atoms with Gasteiger partial charge in [-0.1, -0.05) is 33.6 Å². The Kier molecular flexibility index (Phi) is 4.92. The second-order valence-corrected chi connectivity index (χ2v) is 5.50. The standard InChI is InChI=1S/C14H17BrFNO/c1-10(7-13-9-18-5-4-17-13)6-11-2-3-12(15)8-14(11)16/h2-3,6,8,13,17H,4-5,7,9H2,1H3/b10-6-. The van der Waals surface area contributed by atoms with Crippen LogP contribution >= 0.6 is 15.9 Å². The Morgan fingerprint density at radius 2 is 2.44 bits per heavy atom. The summed E-state index contributed by atoms with van der Waals surface area (Å²) in [4.78, 5) is 0. The topological polar surface area (TPSA) is 21.3 Å². The molecular formula is C14H17BrFNO. The quantitative estimate of drug-likeness (QED) is 0.923. The average molecular weight is 314 g/mol. The maximum Gasteiger partial charge on any atom is 0.131 e. The van der Waals surface area contributed by atoms with Crippen LogP contribution < -0.4 is 5.32 Å². The highest BCUT2D eigenvalue weighted by atomic mass is 79.9. The lowest BCUT2D eigenvalue weighted by molar-refractivity contribution is 0.0771. The summed E-state index contributed by atoms with van der Waals surface area (Å²) in [5.41, 5.74) is 1.78. The smallest absolute Gasteiger partial charge is 0.131 e. The van der Waals surface area contributed by atoms with Crippen molar-refractivity contribution < 1.29 is 9.13 Å². The number of ether oxygens (including phenoxy) is 1. The molecule has 1 N–H and O–H groups in total. The zero-order valence-corrected chi connectivity index (χ0v) is 12.0. The fourth-order valence-corrected chi connectivity index (χ4v) is 2.42. The van der Waals surface area contributed by atoms with E-state index in [2.05, 4.69) is 21.2 Å². The molecular weight excluding hydrogens is 297 g/mol. The minimum atomic E-state index is -0.198. The Morgan fingerprint density at radius 3 is 3.11 bits per heavy atom. The molecule has 1 aliphatic heterocycles. The molecule has 1 unspecified atom stereocenters. The van der Waals surface area contributed by atoms with Crippen LogP contribution in [0.2, 0.25) is 0 Å². The molecule has 0 amide bonds. The van der Waals surface area contributed by atoms with Gasteiger partial charge in [-0.3, -0.25) is 0 Å². The van der Waals surface area contributed by atoms with E-state index in [0.29, 0.717) is 11.6 Å². The predicted molar refractivity (Wildman–Crippen MR) is 75.0 cm³/mol. The van der Waals surface area contributed by atoms with Gasteiger partial charge in [0.2, 0.25) is 0 Å². The fourth-order valence-electron chi connectivity index (χ4n) is 2.08. The molecule has 0 radical (unpaired) electrons. The lowest BCUT2D eigenvalue weighted by Gasteiger charge is -2.24. The summed E-state index contributed by atoms with van der Waals surface area (Å²) in [5, 5.41) is 3.39. The second kappa shape index (κ2) is 6.45. The molecule has 4 heteroatoms. The van der Waals surface area contributed by atoms with Crippen LogP contribution in [0, 0.1) is 5.82 Å². The molecule has 2 rings (SSSR count). The van der Waals surface area contributed by atoms with Crippen molar-refractivity contribution in [2.45, 2.75) is 19.4 Å². The van der Waals surface area contributed by atoms with E-state index < -0.39 is 0 Å². The third-order valence-electron chi connectivity index (χ3n) is 2.93. The van der Waals surface area contributed by atoms with Crippen LogP contribution in [0.4, 0.5) is 4.39 Å². The monoisotopic (exact) mass is 313 g/mol. The molecule has 2 nitrogen and oxygen atoms in total. The number of rotatable bonds is 3. The van der Waals surface area contributed by atoms with Crippen molar-refractivity contribution in [2.24, 2.45) is 0 Å². The lowest BCUT2D eigenvalue weighted by Crippen LogP contribution is -2.41. The van der Waals surface area contributed by atoms with Gasteiger partial charge in [-0.2, -0.15) is 0 Å². The third kappa shape index (κ3) is 3.90. The first-order chi connectivity index (χ1) is 8.65. The largest absolute Gasteiger partial charge is 0.379 e. The van der Waals surface area contributed by atoms with E-state index in [0.717, 1.165) is 36.2 Å². The maximum atomic E-state index is 13.7. The van der Waals surface area contributed by atoms with Crippen molar-refractivity contribution in [1.82, 2.24) is 5.32 Å². The first-order valence-electron chi connectivity index (χ1n) is 6.08. The average Bonchev–Trinajstić information content (AvgIpc) is 2.34. The van der Waals surface area contributed by atoms with Gasteiger partial charge in [-0.15, -0.1) is 0 Å². The minimum absolute atomic E-state index is 0.198. The lowest BCUT2D eigenvalue weighted by atomic mass is 10.0. The number of morpholine rings is 1. The molecule has 0 spiro atoms. The number of halogens is 2. The zero-order valence-electron chi connectivity index (χ0n) is 10.4. The summed E-state index contributed by atoms with van der Waals surface area (Å²) in [6.45, 7) is 4.43. The van der Waals surface area contributed by atoms with Gasteiger partial charge >= 0.3 is 0 Å². The van der Waals surface area contributed by atoms with E-state index in [4.69, 9.17) is 4.74 Å². The van der Waals surface area contributed by atoms with Crippen molar-refractivity contribution in [3.8, 4) is 0 Å². The van der Waals surface area contributed by atoms with Crippen molar-refractivity contribution >= 4 is 22.0 Å². The molecule has 1 atom stereocenters. The molecule has 0 saturated carbocycles. The molecule has 1 aromatic carbocycles. The summed E-state index contributed by atoms with van der Waals surface area (Å²) < 4.78 is 19.8. The molecule has 1 aromatic rings. The first-order valence-corrected chi connectivity index (χ1v) is 6.88. The van der Waals surface area contributed by atoms with Gasteiger partial charge in [0, 0.05) is 22.6 Å². The van der Waals surface area contributed by atoms with E-state index in [1.807, 2.05) is 19.1 Å². The van der Waals surface area contributed by atoms with Crippen LogP contribution in [0.3, 0.4) is 0 Å². The van der Waals surface area contributed by atoms with Gasteiger partial charge in [-0.25, -0.2) is 4.39 Å². The summed E-state index contributed by atoms with van der Waals surface area (Å²) in [6.07, 6.45) is 2.79. The summed E-state index contributed by atoms with van der Waals surface area (Å²) in [7, 11) is 0. The minimum Gasteiger partial charge on any atom is -0.379 e. The molecule has 1 heterocycles. The van der Waals surface area contributed by atoms with Gasteiger partial charge in [0.1, 0.15) is 5.82 Å². The number of hydrogen-bond donors (Lipinski definition) is 1. The molecule has 0 aliphatic carbocycles. The SMILES string of the molecule is C/C(=C/c1ccc(Br)cc1F)CC1COCCN1. The molecule has 1 saturated heterocycles. The van der Waals surface area contributed by atoms with Crippen molar-refractivity contribution in [1.29, 1.82) is 0 Å². The Bertz CT molecular complexity index is 441. The van der Waals surface area contributed by atoms with Crippen LogP contribution in [0.15, 0.2) is 28.2 Å². The van der Waals surface area contributed by atoms with Gasteiger partial charge in [0.25, 0.3) is 0 Å². The van der Waals surface area contributed by atoms with E-state index >= 15 is 0 Å². The maximum absolute atomic E-state index is 13.7. The Hall–Kier alpha value is -0.710. The van der Waals surface area contributed by atoms with Gasteiger partial charge < -0.3 is 10.1 Å². The highest BCUT2D eigenvalue weighted by molar-refractivity contribution is 9.10. The number of nitrogens with one attached hydrogen (secondary N) is 1. The summed E-state index contributed by atoms with van der Waals surface area (Å²) in [5.74, 6) is -0.198. The fraction of sp³-hybridized carbons (Fsp3) is 0.429. The van der Waals surface area contributed by atoms with Crippen LogP contribution in [0.25, 0.3) is 6.08 Å². The van der Waals surface area contributed by atoms with E-state index in [1.165, 1.54) is 6.07 Å². The first kappa shape index (κ1) is 13.7. The second-order valence-electron chi connectivity index (χ2n) is 4.59. The number of hydrogen-bond acceptors (Lipinski definition) is 2. The third-order valence-corrected chi connectivity index (χ3v) is 3.42. The Balaban J connectivity index is 2.02. The van der Waals surface area contributed by atoms with E-state index in [9.17, 15) is 4.39 Å². The van der Waals surface area contributed by atoms with Crippen molar-refractivity contribution in [3.63, 3.8) is 0 Å². The van der Waals surface area contributed by atoms with Crippen molar-refractivity contribution in [2.75, 3.05) is 19.8 Å². The van der Waals surface area contributed by atoms with E-state index in [1.54, 1.807) is 6.07 Å². The van der Waals surface area contributed by atoms with Gasteiger partial charge in [0.05, 0.1) is 13.2 Å². The molecule has 0 bridgehead atoms. The molecule has 98 valence electrons. The van der Waals surface area contributed by atoms with Crippen LogP contribution in [-0.2, 0) is 4.74 Å². The van der Waals surface area contributed by atoms with Crippen molar-refractivity contribution in [3.05, 3.63) is 39.6 Å². The predicted octanol–water partition coefficient (Wildman–Crippen LogP) is 3.37. The molecule has 0 aromatic heterocycles. The van der Waals surface area contributed by atoms with Crippen LogP contribution in [-0.4, -0.2) is 25.8 Å². The highest BCUT2D eigenvalue weighted by Gasteiger charge is 2.13. The Morgan fingerprint density at radius 1 is 1.61 bits per heavy atom. The van der Waals surface area contributed by atoms with E-state index in [-0.39, 0.29) is 5.82 Å². The molecule has 18 heavy (non-hydrogen) atoms. The van der Waals surface area contributed by atoms with Gasteiger partial charge in [0.15, 0.2) is 0 Å². The highest BCUT2D eigenvalue weighted by Crippen LogP contribution is 2.19.